The first kappa shape index (κ1) is 19.4. The Morgan fingerprint density at radius 1 is 1.19 bits per heavy atom. The van der Waals surface area contributed by atoms with Gasteiger partial charge in [0.1, 0.15) is 0 Å². The van der Waals surface area contributed by atoms with Gasteiger partial charge >= 0.3 is 5.97 Å². The molecule has 1 atom stereocenters. The van der Waals surface area contributed by atoms with Crippen molar-refractivity contribution >= 4 is 17.8 Å². The number of carboxylic acid groups (broad SMARTS) is 1. The summed E-state index contributed by atoms with van der Waals surface area (Å²) in [5.41, 5.74) is -1.13. The number of carbonyl (C=O) groups is 3. The summed E-state index contributed by atoms with van der Waals surface area (Å²) in [5.74, 6) is -1.72. The predicted molar refractivity (Wildman–Crippen MR) is 80.7 cm³/mol. The van der Waals surface area contributed by atoms with Crippen LogP contribution in [-0.4, -0.2) is 46.9 Å². The zero-order chi connectivity index (χ0) is 16.8. The molecule has 2 amide bonds. The summed E-state index contributed by atoms with van der Waals surface area (Å²) in [6.07, 6.45) is -0.108. The first-order valence-corrected chi connectivity index (χ1v) is 7.35. The number of amides is 2. The number of hydrogen-bond acceptors (Lipinski definition) is 3. The molecule has 0 spiro atoms. The van der Waals surface area contributed by atoms with E-state index in [1.807, 2.05) is 13.8 Å². The minimum absolute atomic E-state index is 0.00579. The molecule has 0 radical (unpaired) electrons. The van der Waals surface area contributed by atoms with Crippen molar-refractivity contribution in [2.24, 2.45) is 11.3 Å². The van der Waals surface area contributed by atoms with Gasteiger partial charge in [-0.2, -0.15) is 0 Å². The molecule has 0 aliphatic heterocycles. The normalized spacial score (nSPS) is 13.9. The largest absolute Gasteiger partial charge is 0.481 e. The second-order valence-electron chi connectivity index (χ2n) is 6.18. The molecule has 122 valence electrons. The summed E-state index contributed by atoms with van der Waals surface area (Å²) in [4.78, 5) is 36.9. The number of carbonyl (C=O) groups excluding carboxylic acids is 2. The maximum atomic E-state index is 12.3. The fourth-order valence-corrected chi connectivity index (χ4v) is 1.87. The van der Waals surface area contributed by atoms with Crippen LogP contribution < -0.4 is 5.32 Å². The van der Waals surface area contributed by atoms with Crippen LogP contribution in [-0.2, 0) is 14.4 Å². The molecule has 2 N–H and O–H groups in total. The quantitative estimate of drug-likeness (QED) is 0.711. The van der Waals surface area contributed by atoms with Crippen LogP contribution in [0.1, 0.15) is 48.0 Å². The molecule has 0 heterocycles. The van der Waals surface area contributed by atoms with Gasteiger partial charge < -0.3 is 15.3 Å². The van der Waals surface area contributed by atoms with Gasteiger partial charge in [-0.05, 0) is 33.6 Å². The second-order valence-corrected chi connectivity index (χ2v) is 6.18. The molecular weight excluding hydrogens is 272 g/mol. The average Bonchev–Trinajstić information content (AvgIpc) is 2.34. The fourth-order valence-electron chi connectivity index (χ4n) is 1.87. The molecule has 0 fully saturated rings. The third kappa shape index (κ3) is 5.73. The van der Waals surface area contributed by atoms with Crippen LogP contribution in [0.3, 0.4) is 0 Å². The van der Waals surface area contributed by atoms with Crippen molar-refractivity contribution in [3.05, 3.63) is 0 Å². The van der Waals surface area contributed by atoms with Gasteiger partial charge in [-0.25, -0.2) is 0 Å². The van der Waals surface area contributed by atoms with Crippen LogP contribution in [0.5, 0.6) is 0 Å². The molecule has 0 aromatic rings. The maximum absolute atomic E-state index is 12.3. The minimum atomic E-state index is -1.13. The summed E-state index contributed by atoms with van der Waals surface area (Å²) in [7, 11) is 0. The summed E-state index contributed by atoms with van der Waals surface area (Å²) in [6, 6.07) is 0.00579. The molecular formula is C15H28N2O4. The smallest absolute Gasteiger partial charge is 0.310 e. The lowest BCUT2D eigenvalue weighted by Crippen LogP contribution is -2.45. The molecule has 0 aliphatic rings. The zero-order valence-electron chi connectivity index (χ0n) is 13.9. The molecule has 0 aromatic carbocycles. The molecule has 21 heavy (non-hydrogen) atoms. The van der Waals surface area contributed by atoms with Crippen molar-refractivity contribution in [1.29, 1.82) is 0 Å². The van der Waals surface area contributed by atoms with Crippen LogP contribution in [0.2, 0.25) is 0 Å². The lowest BCUT2D eigenvalue weighted by molar-refractivity contribution is -0.155. The SMILES string of the molecule is CCN(CC(=O)NC(C)C)C(=O)CC(C)(C(=O)O)C(C)C. The van der Waals surface area contributed by atoms with E-state index in [0.717, 1.165) is 0 Å². The Morgan fingerprint density at radius 2 is 1.71 bits per heavy atom. The summed E-state index contributed by atoms with van der Waals surface area (Å²) in [6.45, 7) is 10.9. The molecule has 6 nitrogen and oxygen atoms in total. The van der Waals surface area contributed by atoms with Crippen molar-refractivity contribution in [1.82, 2.24) is 10.2 Å². The monoisotopic (exact) mass is 300 g/mol. The lowest BCUT2D eigenvalue weighted by Gasteiger charge is -2.31. The van der Waals surface area contributed by atoms with Crippen molar-refractivity contribution in [3.8, 4) is 0 Å². The Balaban J connectivity index is 4.87. The van der Waals surface area contributed by atoms with Crippen LogP contribution in [0.4, 0.5) is 0 Å². The fraction of sp³-hybridized carbons (Fsp3) is 0.800. The second kappa shape index (κ2) is 8.00. The third-order valence-corrected chi connectivity index (χ3v) is 3.80. The van der Waals surface area contributed by atoms with E-state index in [1.54, 1.807) is 27.7 Å². The van der Waals surface area contributed by atoms with Crippen LogP contribution in [0.25, 0.3) is 0 Å². The Labute approximate surface area is 126 Å². The predicted octanol–water partition coefficient (Wildman–Crippen LogP) is 1.50. The highest BCUT2D eigenvalue weighted by atomic mass is 16.4. The standard InChI is InChI=1S/C15H28N2O4/c1-7-17(9-12(18)16-11(4)5)13(19)8-15(6,10(2)3)14(20)21/h10-11H,7-9H2,1-6H3,(H,16,18)(H,20,21). The van der Waals surface area contributed by atoms with Gasteiger partial charge in [-0.1, -0.05) is 13.8 Å². The van der Waals surface area contributed by atoms with Gasteiger partial charge in [-0.3, -0.25) is 14.4 Å². The third-order valence-electron chi connectivity index (χ3n) is 3.80. The maximum Gasteiger partial charge on any atom is 0.310 e. The topological polar surface area (TPSA) is 86.7 Å². The number of carboxylic acids is 1. The number of nitrogens with zero attached hydrogens (tertiary/aromatic N) is 1. The molecule has 0 bridgehead atoms. The van der Waals surface area contributed by atoms with Gasteiger partial charge in [0.15, 0.2) is 0 Å². The highest BCUT2D eigenvalue weighted by molar-refractivity contribution is 5.88. The highest BCUT2D eigenvalue weighted by Crippen LogP contribution is 2.32. The van der Waals surface area contributed by atoms with Gasteiger partial charge in [0.25, 0.3) is 0 Å². The van der Waals surface area contributed by atoms with Crippen molar-refractivity contribution < 1.29 is 19.5 Å². The average molecular weight is 300 g/mol. The number of rotatable bonds is 8. The molecule has 0 saturated carbocycles. The van der Waals surface area contributed by atoms with Crippen molar-refractivity contribution in [2.75, 3.05) is 13.1 Å². The highest BCUT2D eigenvalue weighted by Gasteiger charge is 2.39. The van der Waals surface area contributed by atoms with E-state index in [4.69, 9.17) is 0 Å². The summed E-state index contributed by atoms with van der Waals surface area (Å²) < 4.78 is 0. The molecule has 0 rings (SSSR count). The lowest BCUT2D eigenvalue weighted by atomic mass is 9.76. The van der Waals surface area contributed by atoms with E-state index < -0.39 is 11.4 Å². The first-order valence-electron chi connectivity index (χ1n) is 7.35. The number of aliphatic carboxylic acids is 1. The van der Waals surface area contributed by atoms with Crippen molar-refractivity contribution in [3.63, 3.8) is 0 Å². The number of hydrogen-bond donors (Lipinski definition) is 2. The van der Waals surface area contributed by atoms with Crippen LogP contribution in [0, 0.1) is 11.3 Å². The van der Waals surface area contributed by atoms with Gasteiger partial charge in [-0.15, -0.1) is 0 Å². The van der Waals surface area contributed by atoms with E-state index in [0.29, 0.717) is 6.54 Å². The first-order chi connectivity index (χ1) is 9.54. The van der Waals surface area contributed by atoms with E-state index in [2.05, 4.69) is 5.32 Å². The Morgan fingerprint density at radius 3 is 2.05 bits per heavy atom. The van der Waals surface area contributed by atoms with E-state index in [1.165, 1.54) is 4.90 Å². The molecule has 0 saturated heterocycles. The molecule has 0 aliphatic carbocycles. The molecule has 1 unspecified atom stereocenters. The van der Waals surface area contributed by atoms with Crippen LogP contribution in [0.15, 0.2) is 0 Å². The Hall–Kier alpha value is -1.59. The van der Waals surface area contributed by atoms with Gasteiger partial charge in [0.2, 0.25) is 11.8 Å². The minimum Gasteiger partial charge on any atom is -0.481 e. The Kier molecular flexibility index (Phi) is 7.39. The number of likely N-dealkylation sites (N-methyl/N-ethyl adjacent to an activating group) is 1. The zero-order valence-corrected chi connectivity index (χ0v) is 13.9. The van der Waals surface area contributed by atoms with Crippen molar-refractivity contribution in [2.45, 2.75) is 54.0 Å². The Bertz CT molecular complexity index is 393. The summed E-state index contributed by atoms with van der Waals surface area (Å²) >= 11 is 0. The number of nitrogens with one attached hydrogen (secondary N) is 1. The molecule has 0 aromatic heterocycles. The van der Waals surface area contributed by atoms with Crippen LogP contribution >= 0.6 is 0 Å². The van der Waals surface area contributed by atoms with E-state index in [-0.39, 0.29) is 36.7 Å². The molecule has 6 heteroatoms. The van der Waals surface area contributed by atoms with E-state index >= 15 is 0 Å². The van der Waals surface area contributed by atoms with Gasteiger partial charge in [0, 0.05) is 19.0 Å². The summed E-state index contributed by atoms with van der Waals surface area (Å²) in [5, 5.41) is 12.1. The van der Waals surface area contributed by atoms with E-state index in [9.17, 15) is 19.5 Å². The van der Waals surface area contributed by atoms with Gasteiger partial charge in [0.05, 0.1) is 12.0 Å².